The van der Waals surface area contributed by atoms with Gasteiger partial charge in [-0.3, -0.25) is 0 Å². The molecule has 1 rings (SSSR count). The molecule has 1 aliphatic heterocycles. The Morgan fingerprint density at radius 3 is 2.44 bits per heavy atom. The second-order valence-electron chi connectivity index (χ2n) is 6.36. The number of rotatable bonds is 9. The Labute approximate surface area is 115 Å². The molecule has 0 aromatic rings. The standard InChI is InChI=1S/C16H34N2/c1-5-16(6-2)18(13-14(3)4)11-7-8-15-9-10-17-12-15/h14-17H,5-13H2,1-4H3. The fourth-order valence-corrected chi connectivity index (χ4v) is 3.24. The van der Waals surface area contributed by atoms with Crippen molar-refractivity contribution in [1.82, 2.24) is 10.2 Å². The lowest BCUT2D eigenvalue weighted by Gasteiger charge is -2.32. The van der Waals surface area contributed by atoms with Crippen molar-refractivity contribution in [3.63, 3.8) is 0 Å². The van der Waals surface area contributed by atoms with Crippen LogP contribution in [0.25, 0.3) is 0 Å². The smallest absolute Gasteiger partial charge is 0.00901 e. The Bertz CT molecular complexity index is 193. The van der Waals surface area contributed by atoms with Gasteiger partial charge in [-0.05, 0) is 63.6 Å². The third kappa shape index (κ3) is 5.71. The summed E-state index contributed by atoms with van der Waals surface area (Å²) in [5.74, 6) is 1.74. The molecule has 1 N–H and O–H groups in total. The molecule has 1 aliphatic rings. The van der Waals surface area contributed by atoms with Crippen LogP contribution in [0.1, 0.15) is 59.8 Å². The third-order valence-corrected chi connectivity index (χ3v) is 4.28. The van der Waals surface area contributed by atoms with Gasteiger partial charge < -0.3 is 10.2 Å². The first-order valence-corrected chi connectivity index (χ1v) is 8.12. The van der Waals surface area contributed by atoms with Gasteiger partial charge in [-0.15, -0.1) is 0 Å². The zero-order chi connectivity index (χ0) is 13.4. The van der Waals surface area contributed by atoms with Crippen molar-refractivity contribution in [2.45, 2.75) is 65.8 Å². The molecule has 0 spiro atoms. The molecule has 1 saturated heterocycles. The molecule has 0 bridgehead atoms. The van der Waals surface area contributed by atoms with Crippen LogP contribution in [0.4, 0.5) is 0 Å². The molecule has 1 fully saturated rings. The zero-order valence-corrected chi connectivity index (χ0v) is 13.0. The van der Waals surface area contributed by atoms with Crippen molar-refractivity contribution in [1.29, 1.82) is 0 Å². The predicted molar refractivity (Wildman–Crippen MR) is 81.0 cm³/mol. The Hall–Kier alpha value is -0.0800. The Balaban J connectivity index is 2.29. The second-order valence-corrected chi connectivity index (χ2v) is 6.36. The average Bonchev–Trinajstić information content (AvgIpc) is 2.82. The van der Waals surface area contributed by atoms with Gasteiger partial charge in [0.15, 0.2) is 0 Å². The van der Waals surface area contributed by atoms with Gasteiger partial charge in [0.2, 0.25) is 0 Å². The molecule has 0 radical (unpaired) electrons. The number of nitrogens with zero attached hydrogens (tertiary/aromatic N) is 1. The van der Waals surface area contributed by atoms with E-state index in [1.807, 2.05) is 0 Å². The monoisotopic (exact) mass is 254 g/mol. The van der Waals surface area contributed by atoms with Gasteiger partial charge in [0, 0.05) is 12.6 Å². The lowest BCUT2D eigenvalue weighted by Crippen LogP contribution is -2.38. The van der Waals surface area contributed by atoms with E-state index in [1.165, 1.54) is 58.3 Å². The van der Waals surface area contributed by atoms with E-state index in [-0.39, 0.29) is 0 Å². The van der Waals surface area contributed by atoms with Crippen LogP contribution in [-0.2, 0) is 0 Å². The van der Waals surface area contributed by atoms with E-state index in [4.69, 9.17) is 0 Å². The van der Waals surface area contributed by atoms with Crippen molar-refractivity contribution >= 4 is 0 Å². The molecule has 1 atom stereocenters. The summed E-state index contributed by atoms with van der Waals surface area (Å²) < 4.78 is 0. The highest BCUT2D eigenvalue weighted by Crippen LogP contribution is 2.17. The van der Waals surface area contributed by atoms with E-state index in [0.717, 1.165) is 17.9 Å². The van der Waals surface area contributed by atoms with E-state index in [9.17, 15) is 0 Å². The number of hydrogen-bond donors (Lipinski definition) is 1. The average molecular weight is 254 g/mol. The minimum absolute atomic E-state index is 0.791. The number of hydrogen-bond acceptors (Lipinski definition) is 2. The molecule has 2 heteroatoms. The lowest BCUT2D eigenvalue weighted by atomic mass is 10.0. The van der Waals surface area contributed by atoms with Crippen molar-refractivity contribution in [2.24, 2.45) is 11.8 Å². The molecule has 2 nitrogen and oxygen atoms in total. The van der Waals surface area contributed by atoms with Crippen LogP contribution >= 0.6 is 0 Å². The summed E-state index contributed by atoms with van der Waals surface area (Å²) in [7, 11) is 0. The molecule has 0 saturated carbocycles. The summed E-state index contributed by atoms with van der Waals surface area (Å²) in [5, 5.41) is 3.47. The molecule has 0 aliphatic carbocycles. The fourth-order valence-electron chi connectivity index (χ4n) is 3.24. The van der Waals surface area contributed by atoms with Crippen molar-refractivity contribution < 1.29 is 0 Å². The van der Waals surface area contributed by atoms with Crippen LogP contribution in [0.5, 0.6) is 0 Å². The summed E-state index contributed by atoms with van der Waals surface area (Å²) in [6, 6.07) is 0.800. The summed E-state index contributed by atoms with van der Waals surface area (Å²) in [6.07, 6.45) is 6.80. The van der Waals surface area contributed by atoms with Crippen molar-refractivity contribution in [2.75, 3.05) is 26.2 Å². The van der Waals surface area contributed by atoms with E-state index in [1.54, 1.807) is 0 Å². The maximum Gasteiger partial charge on any atom is 0.00901 e. The Morgan fingerprint density at radius 2 is 1.94 bits per heavy atom. The van der Waals surface area contributed by atoms with Gasteiger partial charge in [-0.1, -0.05) is 27.7 Å². The van der Waals surface area contributed by atoms with Crippen molar-refractivity contribution in [3.05, 3.63) is 0 Å². The number of nitrogens with one attached hydrogen (secondary N) is 1. The molecule has 0 aromatic carbocycles. The van der Waals surface area contributed by atoms with E-state index in [0.29, 0.717) is 0 Å². The zero-order valence-electron chi connectivity index (χ0n) is 13.0. The first kappa shape index (κ1) is 16.0. The van der Waals surface area contributed by atoms with Crippen LogP contribution < -0.4 is 5.32 Å². The van der Waals surface area contributed by atoms with Crippen molar-refractivity contribution in [3.8, 4) is 0 Å². The minimum Gasteiger partial charge on any atom is -0.316 e. The van der Waals surface area contributed by atoms with Gasteiger partial charge in [0.1, 0.15) is 0 Å². The first-order chi connectivity index (χ1) is 8.67. The first-order valence-electron chi connectivity index (χ1n) is 8.12. The van der Waals surface area contributed by atoms with Gasteiger partial charge >= 0.3 is 0 Å². The summed E-state index contributed by atoms with van der Waals surface area (Å²) in [5.41, 5.74) is 0. The van der Waals surface area contributed by atoms with Gasteiger partial charge in [0.05, 0.1) is 0 Å². The van der Waals surface area contributed by atoms with Crippen LogP contribution in [0.15, 0.2) is 0 Å². The minimum atomic E-state index is 0.791. The van der Waals surface area contributed by atoms with Gasteiger partial charge in [0.25, 0.3) is 0 Å². The summed E-state index contributed by atoms with van der Waals surface area (Å²) in [6.45, 7) is 14.4. The highest BCUT2D eigenvalue weighted by molar-refractivity contribution is 4.74. The van der Waals surface area contributed by atoms with Gasteiger partial charge in [-0.25, -0.2) is 0 Å². The Kier molecular flexibility index (Phi) is 7.92. The largest absolute Gasteiger partial charge is 0.316 e. The summed E-state index contributed by atoms with van der Waals surface area (Å²) in [4.78, 5) is 2.74. The van der Waals surface area contributed by atoms with Crippen LogP contribution in [0.2, 0.25) is 0 Å². The topological polar surface area (TPSA) is 15.3 Å². The lowest BCUT2D eigenvalue weighted by molar-refractivity contribution is 0.160. The molecular weight excluding hydrogens is 220 g/mol. The SMILES string of the molecule is CCC(CC)N(CCCC1CCNC1)CC(C)C. The van der Waals surface area contributed by atoms with Crippen LogP contribution in [0, 0.1) is 11.8 Å². The molecule has 0 aromatic heterocycles. The molecule has 1 heterocycles. The Morgan fingerprint density at radius 1 is 1.22 bits per heavy atom. The van der Waals surface area contributed by atoms with Gasteiger partial charge in [-0.2, -0.15) is 0 Å². The highest BCUT2D eigenvalue weighted by atomic mass is 15.1. The van der Waals surface area contributed by atoms with Crippen LogP contribution in [0.3, 0.4) is 0 Å². The molecular formula is C16H34N2. The van der Waals surface area contributed by atoms with E-state index < -0.39 is 0 Å². The predicted octanol–water partition coefficient (Wildman–Crippen LogP) is 3.52. The molecule has 18 heavy (non-hydrogen) atoms. The maximum atomic E-state index is 3.47. The van der Waals surface area contributed by atoms with E-state index >= 15 is 0 Å². The highest BCUT2D eigenvalue weighted by Gasteiger charge is 2.18. The molecule has 0 amide bonds. The fraction of sp³-hybridized carbons (Fsp3) is 1.00. The maximum absolute atomic E-state index is 3.47. The van der Waals surface area contributed by atoms with Crippen LogP contribution in [-0.4, -0.2) is 37.1 Å². The molecule has 1 unspecified atom stereocenters. The quantitative estimate of drug-likeness (QED) is 0.677. The second kappa shape index (κ2) is 8.92. The molecule has 108 valence electrons. The summed E-state index contributed by atoms with van der Waals surface area (Å²) >= 11 is 0. The van der Waals surface area contributed by atoms with E-state index in [2.05, 4.69) is 37.9 Å². The third-order valence-electron chi connectivity index (χ3n) is 4.28. The normalized spacial score (nSPS) is 20.5.